The second-order valence-corrected chi connectivity index (χ2v) is 11.6. The van der Waals surface area contributed by atoms with Gasteiger partial charge in [0, 0.05) is 30.1 Å². The molecule has 0 unspecified atom stereocenters. The van der Waals surface area contributed by atoms with Crippen molar-refractivity contribution in [2.75, 3.05) is 0 Å². The van der Waals surface area contributed by atoms with E-state index in [0.29, 0.717) is 25.3 Å². The van der Waals surface area contributed by atoms with Crippen LogP contribution in [0.5, 0.6) is 0 Å². The van der Waals surface area contributed by atoms with Gasteiger partial charge in [0.2, 0.25) is 0 Å². The molecule has 192 valence electrons. The van der Waals surface area contributed by atoms with E-state index in [1.807, 2.05) is 31.3 Å². The zero-order valence-electron chi connectivity index (χ0n) is 21.2. The summed E-state index contributed by atoms with van der Waals surface area (Å²) in [5.41, 5.74) is 3.79. The van der Waals surface area contributed by atoms with E-state index >= 15 is 8.78 Å². The number of hydrogen-bond donors (Lipinski definition) is 1. The molecule has 0 aliphatic heterocycles. The molecule has 5 atom stereocenters. The first kappa shape index (κ1) is 24.4. The summed E-state index contributed by atoms with van der Waals surface area (Å²) in [5, 5.41) is 11.7. The van der Waals surface area contributed by atoms with Crippen LogP contribution >= 0.6 is 0 Å². The van der Waals surface area contributed by atoms with E-state index in [4.69, 9.17) is 0 Å². The number of allylic oxidation sites excluding steroid dienone is 4. The predicted octanol–water partition coefficient (Wildman–Crippen LogP) is 7.20. The number of rotatable bonds is 4. The Kier molecular flexibility index (Phi) is 5.65. The second-order valence-electron chi connectivity index (χ2n) is 11.6. The van der Waals surface area contributed by atoms with Crippen LogP contribution in [0.1, 0.15) is 63.4 Å². The molecule has 5 heteroatoms. The molecule has 2 fully saturated rings. The number of benzene rings is 1. The fourth-order valence-electron chi connectivity index (χ4n) is 8.12. The molecule has 0 bridgehead atoms. The van der Waals surface area contributed by atoms with Crippen molar-refractivity contribution in [2.24, 2.45) is 17.3 Å². The van der Waals surface area contributed by atoms with E-state index in [0.717, 1.165) is 41.5 Å². The highest BCUT2D eigenvalue weighted by Crippen LogP contribution is 2.69. The van der Waals surface area contributed by atoms with Crippen molar-refractivity contribution in [1.82, 2.24) is 4.98 Å². The van der Waals surface area contributed by atoms with Gasteiger partial charge < -0.3 is 5.11 Å². The number of carbonyl (C=O) groups excluding carboxylic acids is 1. The molecular weight excluding hydrogens is 468 g/mol. The molecule has 2 saturated carbocycles. The number of carbonyl (C=O) groups is 1. The maximum Gasteiger partial charge on any atom is 0.294 e. The van der Waals surface area contributed by atoms with E-state index in [2.05, 4.69) is 35.8 Å². The van der Waals surface area contributed by atoms with Gasteiger partial charge in [-0.1, -0.05) is 49.4 Å². The molecule has 3 nitrogen and oxygen atoms in total. The number of alkyl halides is 2. The molecule has 2 aromatic rings. The number of nitrogens with zero attached hydrogens (tertiary/aromatic N) is 1. The fourth-order valence-corrected chi connectivity index (χ4v) is 8.12. The largest absolute Gasteiger partial charge is 0.383 e. The Morgan fingerprint density at radius 2 is 1.89 bits per heavy atom. The first-order valence-corrected chi connectivity index (χ1v) is 13.4. The smallest absolute Gasteiger partial charge is 0.294 e. The third-order valence-corrected chi connectivity index (χ3v) is 10.0. The van der Waals surface area contributed by atoms with Crippen LogP contribution in [-0.2, 0) is 4.79 Å². The van der Waals surface area contributed by atoms with Crippen LogP contribution in [0.25, 0.3) is 11.1 Å². The third-order valence-electron chi connectivity index (χ3n) is 10.0. The average Bonchev–Trinajstić information content (AvgIpc) is 3.20. The standard InChI is InChI=1S/C32H33F2NO2/c1-3-32(33,34)31(37)15-14-28-26-12-10-22-17-24(36)11-13-25(22)29(26)27(18-30(28,31)2)21-8-6-20(7-9-21)23-5-4-16-35-19-23/h3-9,16-17,19,26-28,37H,1,10-15,18H2,2H3/t26-,27+,28-,30-,31-/m0/s1. The van der Waals surface area contributed by atoms with Gasteiger partial charge in [-0.3, -0.25) is 9.78 Å². The number of aliphatic hydroxyl groups is 1. The molecule has 4 aliphatic rings. The zero-order valence-corrected chi connectivity index (χ0v) is 21.2. The van der Waals surface area contributed by atoms with Crippen molar-refractivity contribution in [1.29, 1.82) is 0 Å². The van der Waals surface area contributed by atoms with Crippen LogP contribution in [0.15, 0.2) is 84.2 Å². The van der Waals surface area contributed by atoms with Crippen LogP contribution in [0, 0.1) is 17.3 Å². The van der Waals surface area contributed by atoms with Gasteiger partial charge in [-0.2, -0.15) is 8.78 Å². The Labute approximate surface area is 217 Å². The summed E-state index contributed by atoms with van der Waals surface area (Å²) in [4.78, 5) is 16.5. The lowest BCUT2D eigenvalue weighted by molar-refractivity contribution is -0.213. The van der Waals surface area contributed by atoms with Gasteiger partial charge in [0.1, 0.15) is 5.60 Å². The Bertz CT molecular complexity index is 1310. The van der Waals surface area contributed by atoms with E-state index in [1.165, 1.54) is 11.1 Å². The monoisotopic (exact) mass is 501 g/mol. The lowest BCUT2D eigenvalue weighted by Crippen LogP contribution is -2.59. The molecule has 4 aliphatic carbocycles. The van der Waals surface area contributed by atoms with Crippen molar-refractivity contribution in [3.8, 4) is 11.1 Å². The lowest BCUT2D eigenvalue weighted by atomic mass is 9.50. The molecule has 0 radical (unpaired) electrons. The quantitative estimate of drug-likeness (QED) is 0.451. The minimum atomic E-state index is -3.37. The van der Waals surface area contributed by atoms with Gasteiger partial charge >= 0.3 is 0 Å². The molecule has 6 rings (SSSR count). The number of aromatic nitrogens is 1. The number of fused-ring (bicyclic) bond motifs is 4. The first-order valence-electron chi connectivity index (χ1n) is 13.4. The number of halogens is 2. The van der Waals surface area contributed by atoms with Crippen molar-refractivity contribution < 1.29 is 18.7 Å². The summed E-state index contributed by atoms with van der Waals surface area (Å²) in [6.07, 6.45) is 9.96. The van der Waals surface area contributed by atoms with Crippen LogP contribution in [-0.4, -0.2) is 27.4 Å². The summed E-state index contributed by atoms with van der Waals surface area (Å²) in [6, 6.07) is 12.3. The zero-order chi connectivity index (χ0) is 26.0. The van der Waals surface area contributed by atoms with Gasteiger partial charge in [0.15, 0.2) is 5.78 Å². The van der Waals surface area contributed by atoms with Crippen molar-refractivity contribution in [3.05, 3.63) is 89.8 Å². The van der Waals surface area contributed by atoms with Crippen molar-refractivity contribution in [2.45, 2.75) is 69.3 Å². The Morgan fingerprint density at radius 1 is 1.11 bits per heavy atom. The van der Waals surface area contributed by atoms with Crippen LogP contribution < -0.4 is 0 Å². The number of pyridine rings is 1. The van der Waals surface area contributed by atoms with Gasteiger partial charge in [0.05, 0.1) is 0 Å². The van der Waals surface area contributed by atoms with Gasteiger partial charge in [0.25, 0.3) is 5.92 Å². The van der Waals surface area contributed by atoms with Gasteiger partial charge in [-0.15, -0.1) is 0 Å². The molecule has 37 heavy (non-hydrogen) atoms. The van der Waals surface area contributed by atoms with Gasteiger partial charge in [-0.05, 0) is 96.4 Å². The molecule has 0 spiro atoms. The van der Waals surface area contributed by atoms with Crippen molar-refractivity contribution in [3.63, 3.8) is 0 Å². The topological polar surface area (TPSA) is 50.2 Å². The van der Waals surface area contributed by atoms with Crippen LogP contribution in [0.3, 0.4) is 0 Å². The number of ketones is 1. The third kappa shape index (κ3) is 3.53. The second kappa shape index (κ2) is 8.56. The lowest BCUT2D eigenvalue weighted by Gasteiger charge is -2.55. The maximum absolute atomic E-state index is 15.3. The maximum atomic E-state index is 15.3. The molecule has 0 amide bonds. The van der Waals surface area contributed by atoms with E-state index in [1.54, 1.807) is 6.20 Å². The minimum absolute atomic E-state index is 0.0316. The highest BCUT2D eigenvalue weighted by molar-refractivity contribution is 5.93. The average molecular weight is 502 g/mol. The van der Waals surface area contributed by atoms with Gasteiger partial charge in [-0.25, -0.2) is 0 Å². The molecule has 1 aromatic carbocycles. The summed E-state index contributed by atoms with van der Waals surface area (Å²) in [7, 11) is 0. The molecule has 1 N–H and O–H groups in total. The highest BCUT2D eigenvalue weighted by Gasteiger charge is 2.70. The minimum Gasteiger partial charge on any atom is -0.383 e. The Balaban J connectivity index is 1.49. The van der Waals surface area contributed by atoms with E-state index in [-0.39, 0.29) is 30.0 Å². The molecule has 1 aromatic heterocycles. The predicted molar refractivity (Wildman–Crippen MR) is 140 cm³/mol. The van der Waals surface area contributed by atoms with Crippen LogP contribution in [0.2, 0.25) is 0 Å². The number of hydrogen-bond acceptors (Lipinski definition) is 3. The van der Waals surface area contributed by atoms with E-state index in [9.17, 15) is 9.90 Å². The summed E-state index contributed by atoms with van der Waals surface area (Å²) in [5.74, 6) is -3.19. The Morgan fingerprint density at radius 3 is 2.59 bits per heavy atom. The summed E-state index contributed by atoms with van der Waals surface area (Å²) in [6.45, 7) is 5.27. The molecular formula is C32H33F2NO2. The van der Waals surface area contributed by atoms with Crippen LogP contribution in [0.4, 0.5) is 8.78 Å². The molecule has 0 saturated heterocycles. The normalized spacial score (nSPS) is 33.4. The SMILES string of the molecule is C=CC(F)(F)[C@]1(O)CC[C@H]2[C@@H]3CCC4=CC(=O)CCC4=C3[C@@H](c3ccc(-c4cccnc4)cc3)C[C@@]21C. The fraction of sp³-hybridized carbons (Fsp3) is 0.438. The highest BCUT2D eigenvalue weighted by atomic mass is 19.3. The van der Waals surface area contributed by atoms with E-state index < -0.39 is 16.9 Å². The molecule has 1 heterocycles. The summed E-state index contributed by atoms with van der Waals surface area (Å²) < 4.78 is 30.7. The Hall–Kier alpha value is -2.92. The summed E-state index contributed by atoms with van der Waals surface area (Å²) >= 11 is 0. The van der Waals surface area contributed by atoms with Crippen molar-refractivity contribution >= 4 is 5.78 Å². The first-order chi connectivity index (χ1) is 17.7.